The molecule has 34 heavy (non-hydrogen) atoms. The van der Waals surface area contributed by atoms with Crippen molar-refractivity contribution in [2.75, 3.05) is 18.4 Å². The van der Waals surface area contributed by atoms with Gasteiger partial charge in [-0.25, -0.2) is 13.4 Å². The van der Waals surface area contributed by atoms with Gasteiger partial charge in [0.1, 0.15) is 5.82 Å². The number of aromatic nitrogens is 2. The third-order valence-corrected chi connectivity index (χ3v) is 7.93. The Hall–Kier alpha value is -2.72. The van der Waals surface area contributed by atoms with E-state index in [0.717, 1.165) is 5.56 Å². The van der Waals surface area contributed by atoms with Crippen LogP contribution in [-0.2, 0) is 36.8 Å². The number of sulfonamides is 1. The fraction of sp³-hybridized carbons (Fsp3) is 0.542. The van der Waals surface area contributed by atoms with Crippen molar-refractivity contribution in [2.45, 2.75) is 64.0 Å². The summed E-state index contributed by atoms with van der Waals surface area (Å²) in [5.41, 5.74) is 1.79. The molecule has 1 N–H and O–H groups in total. The van der Waals surface area contributed by atoms with Crippen molar-refractivity contribution in [2.24, 2.45) is 13.0 Å². The highest BCUT2D eigenvalue weighted by atomic mass is 32.2. The number of piperidine rings is 1. The summed E-state index contributed by atoms with van der Waals surface area (Å²) in [7, 11) is -1.97. The maximum atomic E-state index is 12.8. The summed E-state index contributed by atoms with van der Waals surface area (Å²) in [5, 5.41) is 2.78. The highest BCUT2D eigenvalue weighted by Gasteiger charge is 2.35. The first-order chi connectivity index (χ1) is 15.8. The Kier molecular flexibility index (Phi) is 7.52. The molecule has 0 bridgehead atoms. The highest BCUT2D eigenvalue weighted by molar-refractivity contribution is 7.89. The van der Waals surface area contributed by atoms with E-state index in [1.807, 2.05) is 24.3 Å². The van der Waals surface area contributed by atoms with Gasteiger partial charge in [-0.1, -0.05) is 32.9 Å². The second kappa shape index (κ2) is 9.87. The third-order valence-electron chi connectivity index (χ3n) is 6.16. The van der Waals surface area contributed by atoms with E-state index in [9.17, 15) is 18.0 Å². The van der Waals surface area contributed by atoms with Crippen LogP contribution in [0.3, 0.4) is 0 Å². The summed E-state index contributed by atoms with van der Waals surface area (Å²) in [6.07, 6.45) is 1.18. The van der Waals surface area contributed by atoms with Crippen LogP contribution in [0.4, 0.5) is 5.69 Å². The first kappa shape index (κ1) is 25.9. The van der Waals surface area contributed by atoms with Crippen LogP contribution >= 0.6 is 0 Å². The van der Waals surface area contributed by atoms with Crippen LogP contribution in [-0.4, -0.2) is 53.3 Å². The minimum absolute atomic E-state index is 0.00866. The van der Waals surface area contributed by atoms with Gasteiger partial charge in [0, 0.05) is 32.0 Å². The topological polar surface area (TPSA) is 111 Å². The van der Waals surface area contributed by atoms with Gasteiger partial charge in [-0.05, 0) is 49.8 Å². The van der Waals surface area contributed by atoms with E-state index < -0.39 is 33.9 Å². The van der Waals surface area contributed by atoms with E-state index >= 15 is 0 Å². The zero-order valence-corrected chi connectivity index (χ0v) is 21.5. The summed E-state index contributed by atoms with van der Waals surface area (Å²) in [6.45, 7) is 9.99. The molecular weight excluding hydrogens is 456 g/mol. The minimum atomic E-state index is -3.71. The molecule has 10 heteroatoms. The largest absolute Gasteiger partial charge is 0.452 e. The van der Waals surface area contributed by atoms with Crippen LogP contribution in [0.5, 0.6) is 0 Å². The van der Waals surface area contributed by atoms with Crippen LogP contribution in [0, 0.1) is 12.8 Å². The smallest absolute Gasteiger partial charge is 0.309 e. The Bertz CT molecular complexity index is 1120. The molecule has 1 aliphatic heterocycles. The number of anilines is 1. The van der Waals surface area contributed by atoms with Gasteiger partial charge in [-0.2, -0.15) is 4.31 Å². The average molecular weight is 491 g/mol. The molecule has 0 saturated carbocycles. The fourth-order valence-corrected chi connectivity index (χ4v) is 5.23. The Balaban J connectivity index is 1.51. The van der Waals surface area contributed by atoms with Crippen LogP contribution < -0.4 is 5.32 Å². The predicted octanol–water partition coefficient (Wildman–Crippen LogP) is 3.00. The molecule has 9 nitrogen and oxygen atoms in total. The molecule has 2 aromatic rings. The molecule has 1 fully saturated rings. The lowest BCUT2D eigenvalue weighted by Crippen LogP contribution is -2.41. The van der Waals surface area contributed by atoms with E-state index in [-0.39, 0.29) is 23.5 Å². The maximum absolute atomic E-state index is 12.8. The van der Waals surface area contributed by atoms with Crippen molar-refractivity contribution in [1.82, 2.24) is 13.9 Å². The Morgan fingerprint density at radius 2 is 1.74 bits per heavy atom. The number of carbonyl (C=O) groups is 2. The average Bonchev–Trinajstić information content (AvgIpc) is 3.12. The summed E-state index contributed by atoms with van der Waals surface area (Å²) in [6, 6.07) is 7.57. The van der Waals surface area contributed by atoms with E-state index in [1.54, 1.807) is 18.5 Å². The first-order valence-corrected chi connectivity index (χ1v) is 12.8. The quantitative estimate of drug-likeness (QED) is 0.623. The second-order valence-corrected chi connectivity index (χ2v) is 11.7. The molecule has 2 heterocycles. The molecule has 1 amide bonds. The number of aryl methyl sites for hydroxylation is 2. The lowest BCUT2D eigenvalue weighted by atomic mass is 9.87. The van der Waals surface area contributed by atoms with Crippen LogP contribution in [0.1, 0.15) is 51.9 Å². The first-order valence-electron chi connectivity index (χ1n) is 11.4. The molecule has 186 valence electrons. The molecule has 1 saturated heterocycles. The number of nitrogens with one attached hydrogen (secondary N) is 1. The van der Waals surface area contributed by atoms with Gasteiger partial charge in [-0.3, -0.25) is 9.59 Å². The SMILES string of the molecule is Cc1nc(S(=O)(=O)N2CCC(C(=O)OC(C)C(=O)Nc3ccc(C(C)(C)C)cc3)CC2)cn1C. The van der Waals surface area contributed by atoms with E-state index in [1.165, 1.54) is 17.4 Å². The van der Waals surface area contributed by atoms with Gasteiger partial charge < -0.3 is 14.6 Å². The number of imidazole rings is 1. The number of hydrogen-bond acceptors (Lipinski definition) is 6. The number of rotatable bonds is 6. The van der Waals surface area contributed by atoms with Gasteiger partial charge in [0.2, 0.25) is 0 Å². The van der Waals surface area contributed by atoms with Crippen LogP contribution in [0.2, 0.25) is 0 Å². The minimum Gasteiger partial charge on any atom is -0.452 e. The van der Waals surface area contributed by atoms with Crippen molar-refractivity contribution in [1.29, 1.82) is 0 Å². The highest BCUT2D eigenvalue weighted by Crippen LogP contribution is 2.26. The molecule has 1 aromatic carbocycles. The van der Waals surface area contributed by atoms with E-state index in [4.69, 9.17) is 4.74 Å². The Labute approximate surface area is 201 Å². The number of amides is 1. The van der Waals surface area contributed by atoms with Gasteiger partial charge in [-0.15, -0.1) is 0 Å². The number of nitrogens with zero attached hydrogens (tertiary/aromatic N) is 3. The van der Waals surface area contributed by atoms with Crippen LogP contribution in [0.25, 0.3) is 0 Å². The number of carbonyl (C=O) groups excluding carboxylic acids is 2. The Morgan fingerprint density at radius 3 is 2.24 bits per heavy atom. The van der Waals surface area contributed by atoms with Crippen molar-refractivity contribution < 1.29 is 22.7 Å². The monoisotopic (exact) mass is 490 g/mol. The normalized spacial score (nSPS) is 16.8. The van der Waals surface area contributed by atoms with E-state index in [2.05, 4.69) is 31.1 Å². The van der Waals surface area contributed by atoms with Gasteiger partial charge in [0.15, 0.2) is 11.1 Å². The zero-order chi connectivity index (χ0) is 25.3. The molecule has 0 radical (unpaired) electrons. The van der Waals surface area contributed by atoms with Crippen molar-refractivity contribution in [3.63, 3.8) is 0 Å². The van der Waals surface area contributed by atoms with Crippen molar-refractivity contribution >= 4 is 27.6 Å². The van der Waals surface area contributed by atoms with E-state index in [0.29, 0.717) is 24.4 Å². The molecular formula is C24H34N4O5S. The lowest BCUT2D eigenvalue weighted by molar-refractivity contribution is -0.158. The van der Waals surface area contributed by atoms with Crippen molar-refractivity contribution in [3.05, 3.63) is 41.9 Å². The second-order valence-electron chi connectivity index (χ2n) is 9.81. The molecule has 1 unspecified atom stereocenters. The summed E-state index contributed by atoms with van der Waals surface area (Å²) < 4.78 is 34.0. The maximum Gasteiger partial charge on any atom is 0.309 e. The molecule has 0 aliphatic carbocycles. The van der Waals surface area contributed by atoms with Crippen LogP contribution in [0.15, 0.2) is 35.5 Å². The molecule has 3 rings (SSSR count). The number of hydrogen-bond donors (Lipinski definition) is 1. The summed E-state index contributed by atoms with van der Waals surface area (Å²) in [4.78, 5) is 29.2. The molecule has 1 atom stereocenters. The standard InChI is InChI=1S/C24H34N4O5S/c1-16(22(29)26-20-9-7-19(8-10-20)24(3,4)5)33-23(30)18-11-13-28(14-12-18)34(31,32)21-15-27(6)17(2)25-21/h7-10,15-16,18H,11-14H2,1-6H3,(H,26,29). The zero-order valence-electron chi connectivity index (χ0n) is 20.7. The molecule has 1 aliphatic rings. The fourth-order valence-electron chi connectivity index (χ4n) is 3.74. The predicted molar refractivity (Wildman–Crippen MR) is 129 cm³/mol. The molecule has 0 spiro atoms. The number of esters is 1. The lowest BCUT2D eigenvalue weighted by Gasteiger charge is -2.30. The number of ether oxygens (including phenoxy) is 1. The summed E-state index contributed by atoms with van der Waals surface area (Å²) in [5.74, 6) is -0.758. The van der Waals surface area contributed by atoms with Crippen molar-refractivity contribution in [3.8, 4) is 0 Å². The van der Waals surface area contributed by atoms with Gasteiger partial charge in [0.25, 0.3) is 15.9 Å². The van der Waals surface area contributed by atoms with Gasteiger partial charge in [0.05, 0.1) is 5.92 Å². The third kappa shape index (κ3) is 5.85. The Morgan fingerprint density at radius 1 is 1.15 bits per heavy atom. The summed E-state index contributed by atoms with van der Waals surface area (Å²) >= 11 is 0. The molecule has 1 aromatic heterocycles. The van der Waals surface area contributed by atoms with Gasteiger partial charge >= 0.3 is 5.97 Å². The number of benzene rings is 1.